The average molecular weight is 490 g/mol. The van der Waals surface area contributed by atoms with Crippen LogP contribution in [-0.4, -0.2) is 64.6 Å². The van der Waals surface area contributed by atoms with Crippen LogP contribution in [0.4, 0.5) is 26.2 Å². The van der Waals surface area contributed by atoms with E-state index in [1.807, 2.05) is 31.3 Å². The summed E-state index contributed by atoms with van der Waals surface area (Å²) in [6, 6.07) is 5.74. The van der Waals surface area contributed by atoms with E-state index < -0.39 is 5.92 Å². The van der Waals surface area contributed by atoms with E-state index in [9.17, 15) is 8.78 Å². The van der Waals surface area contributed by atoms with Crippen molar-refractivity contribution in [1.29, 1.82) is 0 Å². The van der Waals surface area contributed by atoms with Gasteiger partial charge < -0.3 is 16.0 Å². The molecule has 11 heteroatoms. The molecule has 0 aromatic carbocycles. The maximum Gasteiger partial charge on any atom is 0.260 e. The number of hydrogen-bond donors (Lipinski definition) is 2. The number of aromatic nitrogens is 4. The second-order valence-electron chi connectivity index (χ2n) is 9.12. The van der Waals surface area contributed by atoms with Crippen molar-refractivity contribution in [1.82, 2.24) is 24.5 Å². The molecule has 1 aliphatic heterocycles. The van der Waals surface area contributed by atoms with Crippen LogP contribution in [-0.2, 0) is 0 Å². The monoisotopic (exact) mass is 489 g/mol. The van der Waals surface area contributed by atoms with Crippen LogP contribution in [0.1, 0.15) is 39.3 Å². The maximum absolute atomic E-state index is 12.4. The van der Waals surface area contributed by atoms with Crippen molar-refractivity contribution in [2.75, 3.05) is 45.3 Å². The largest absolute Gasteiger partial charge is 0.371 e. The van der Waals surface area contributed by atoms with Gasteiger partial charge in [0.05, 0.1) is 17.9 Å². The maximum atomic E-state index is 12.4. The highest BCUT2D eigenvalue weighted by molar-refractivity contribution is 5.87. The lowest BCUT2D eigenvalue weighted by atomic mass is 10.1. The molecule has 4 heterocycles. The molecule has 0 radical (unpaired) electrons. The van der Waals surface area contributed by atoms with Gasteiger partial charge in [-0.25, -0.2) is 13.3 Å². The van der Waals surface area contributed by atoms with Gasteiger partial charge in [-0.2, -0.15) is 15.2 Å². The lowest BCUT2D eigenvalue weighted by Gasteiger charge is -2.28. The number of nitrogens with one attached hydrogen (secondary N) is 1. The quantitative estimate of drug-likeness (QED) is 0.474. The zero-order valence-corrected chi connectivity index (χ0v) is 21.7. The SMILES string of the molecule is CC(C)C.CN1CCCC(F)(F)C1.CN=Nc1ccc(-c2ccn3nc(N)nc(NC)c23)nc1C. The number of likely N-dealkylation sites (tertiary alicyclic amines) is 1. The molecule has 3 N–H and O–H groups in total. The van der Waals surface area contributed by atoms with E-state index in [1.54, 1.807) is 30.6 Å². The van der Waals surface area contributed by atoms with Crippen LogP contribution < -0.4 is 11.1 Å². The fourth-order valence-electron chi connectivity index (χ4n) is 3.50. The van der Waals surface area contributed by atoms with Crippen LogP contribution in [0.3, 0.4) is 0 Å². The third-order valence-electron chi connectivity index (χ3n) is 4.89. The summed E-state index contributed by atoms with van der Waals surface area (Å²) in [4.78, 5) is 10.5. The molecule has 192 valence electrons. The molecule has 0 amide bonds. The van der Waals surface area contributed by atoms with Crippen LogP contribution in [0, 0.1) is 12.8 Å². The third kappa shape index (κ3) is 8.20. The van der Waals surface area contributed by atoms with Gasteiger partial charge in [0.1, 0.15) is 11.2 Å². The summed E-state index contributed by atoms with van der Waals surface area (Å²) in [6.07, 6.45) is 2.53. The van der Waals surface area contributed by atoms with Crippen molar-refractivity contribution in [3.8, 4) is 11.3 Å². The highest BCUT2D eigenvalue weighted by Crippen LogP contribution is 2.30. The van der Waals surface area contributed by atoms with E-state index in [2.05, 4.69) is 51.4 Å². The van der Waals surface area contributed by atoms with Crippen molar-refractivity contribution in [2.45, 2.75) is 46.5 Å². The summed E-state index contributed by atoms with van der Waals surface area (Å²) in [5.41, 5.74) is 9.84. The first kappa shape index (κ1) is 28.0. The molecule has 0 aliphatic carbocycles. The molecule has 3 aromatic heterocycles. The molecule has 35 heavy (non-hydrogen) atoms. The van der Waals surface area contributed by atoms with Crippen LogP contribution in [0.2, 0.25) is 0 Å². The van der Waals surface area contributed by atoms with E-state index in [1.165, 1.54) is 0 Å². The Labute approximate surface area is 205 Å². The number of rotatable bonds is 3. The number of piperidine rings is 1. The minimum atomic E-state index is -2.42. The lowest BCUT2D eigenvalue weighted by molar-refractivity contribution is -0.0571. The van der Waals surface area contributed by atoms with Crippen molar-refractivity contribution in [3.05, 3.63) is 30.1 Å². The predicted octanol–water partition coefficient (Wildman–Crippen LogP) is 5.45. The number of nitrogens with two attached hydrogens (primary N) is 1. The van der Waals surface area contributed by atoms with Crippen molar-refractivity contribution >= 4 is 23.0 Å². The number of fused-ring (bicyclic) bond motifs is 1. The number of azo groups is 1. The van der Waals surface area contributed by atoms with Gasteiger partial charge in [0.25, 0.3) is 5.92 Å². The van der Waals surface area contributed by atoms with Crippen molar-refractivity contribution in [3.63, 3.8) is 0 Å². The standard InChI is InChI=1S/C14H16N8.C6H11F2N.C4H10/c1-8-10(20-17-3)4-5-11(18-8)9-6-7-22-12(9)13(16-2)19-14(15)21-22;1-9-4-2-3-6(7,8)5-9;1-4(2)3/h4-7H,1-3H3,(H3,15,16,19,21);2-5H2,1H3;4H,1-3H3. The molecule has 3 aromatic rings. The Bertz CT molecular complexity index is 1120. The summed E-state index contributed by atoms with van der Waals surface area (Å²) in [5.74, 6) is -0.723. The first-order valence-electron chi connectivity index (χ1n) is 11.6. The van der Waals surface area contributed by atoms with Crippen LogP contribution in [0.15, 0.2) is 34.6 Å². The average Bonchev–Trinajstić information content (AvgIpc) is 3.17. The smallest absolute Gasteiger partial charge is 0.260 e. The highest BCUT2D eigenvalue weighted by atomic mass is 19.3. The third-order valence-corrected chi connectivity index (χ3v) is 4.89. The van der Waals surface area contributed by atoms with Gasteiger partial charge in [0, 0.05) is 32.3 Å². The Balaban J connectivity index is 0.000000275. The van der Waals surface area contributed by atoms with Crippen molar-refractivity contribution < 1.29 is 8.78 Å². The number of anilines is 2. The molecule has 1 saturated heterocycles. The van der Waals surface area contributed by atoms with Gasteiger partial charge >= 0.3 is 0 Å². The first-order valence-corrected chi connectivity index (χ1v) is 11.6. The van der Waals surface area contributed by atoms with Gasteiger partial charge in [-0.15, -0.1) is 5.10 Å². The highest BCUT2D eigenvalue weighted by Gasteiger charge is 2.33. The molecule has 0 spiro atoms. The number of halogens is 2. The van der Waals surface area contributed by atoms with E-state index in [0.717, 1.165) is 40.6 Å². The van der Waals surface area contributed by atoms with E-state index >= 15 is 0 Å². The predicted molar refractivity (Wildman–Crippen MR) is 138 cm³/mol. The summed E-state index contributed by atoms with van der Waals surface area (Å²) in [7, 11) is 5.16. The topological polar surface area (TPSA) is 109 Å². The van der Waals surface area contributed by atoms with Gasteiger partial charge in [0.15, 0.2) is 5.82 Å². The minimum absolute atomic E-state index is 0.0625. The molecule has 0 bridgehead atoms. The minimum Gasteiger partial charge on any atom is -0.371 e. The first-order chi connectivity index (χ1) is 16.5. The Morgan fingerprint density at radius 3 is 2.37 bits per heavy atom. The molecule has 1 aliphatic rings. The summed E-state index contributed by atoms with van der Waals surface area (Å²) in [6.45, 7) is 9.15. The fourth-order valence-corrected chi connectivity index (χ4v) is 3.50. The van der Waals surface area contributed by atoms with Crippen LogP contribution in [0.5, 0.6) is 0 Å². The second kappa shape index (κ2) is 12.5. The fraction of sp³-hybridized carbons (Fsp3) is 0.542. The van der Waals surface area contributed by atoms with E-state index in [-0.39, 0.29) is 18.9 Å². The van der Waals surface area contributed by atoms with Crippen LogP contribution in [0.25, 0.3) is 16.8 Å². The summed E-state index contributed by atoms with van der Waals surface area (Å²) < 4.78 is 26.5. The zero-order valence-electron chi connectivity index (χ0n) is 21.7. The zero-order chi connectivity index (χ0) is 26.2. The van der Waals surface area contributed by atoms with Crippen molar-refractivity contribution in [2.24, 2.45) is 16.1 Å². The molecular weight excluding hydrogens is 452 g/mol. The lowest BCUT2D eigenvalue weighted by Crippen LogP contribution is -2.39. The molecule has 0 atom stereocenters. The number of nitrogens with zero attached hydrogens (tertiary/aromatic N) is 7. The molecule has 9 nitrogen and oxygen atoms in total. The van der Waals surface area contributed by atoms with Gasteiger partial charge in [-0.1, -0.05) is 20.8 Å². The number of nitrogen functional groups attached to an aromatic ring is 1. The Morgan fingerprint density at radius 2 is 1.86 bits per heavy atom. The number of hydrogen-bond acceptors (Lipinski definition) is 8. The molecule has 0 unspecified atom stereocenters. The Morgan fingerprint density at radius 1 is 1.17 bits per heavy atom. The molecule has 0 saturated carbocycles. The Hall–Kier alpha value is -3.21. The number of alkyl halides is 2. The van der Waals surface area contributed by atoms with Gasteiger partial charge in [0.2, 0.25) is 5.95 Å². The van der Waals surface area contributed by atoms with E-state index in [4.69, 9.17) is 5.73 Å². The molecule has 1 fully saturated rings. The summed E-state index contributed by atoms with van der Waals surface area (Å²) >= 11 is 0. The Kier molecular flexibility index (Phi) is 10.00. The summed E-state index contributed by atoms with van der Waals surface area (Å²) in [5, 5.41) is 15.0. The number of aryl methyl sites for hydroxylation is 1. The second-order valence-corrected chi connectivity index (χ2v) is 9.12. The van der Waals surface area contributed by atoms with Gasteiger partial charge in [-0.3, -0.25) is 4.98 Å². The van der Waals surface area contributed by atoms with Gasteiger partial charge in [-0.05, 0) is 51.1 Å². The van der Waals surface area contributed by atoms with Crippen LogP contribution >= 0.6 is 0 Å². The molecular formula is C24H37F2N9. The number of pyridine rings is 1. The van der Waals surface area contributed by atoms with E-state index in [0.29, 0.717) is 12.2 Å². The normalized spacial score (nSPS) is 15.5. The molecule has 4 rings (SSSR count).